The largest absolute Gasteiger partial charge is 0.479 e. The fourth-order valence-electron chi connectivity index (χ4n) is 6.45. The second-order valence-corrected chi connectivity index (χ2v) is 13.9. The summed E-state index contributed by atoms with van der Waals surface area (Å²) >= 11 is 0. The van der Waals surface area contributed by atoms with Gasteiger partial charge in [0.15, 0.2) is 0 Å². The molecule has 5 atom stereocenters. The molecule has 12 nitrogen and oxygen atoms in total. The van der Waals surface area contributed by atoms with Crippen molar-refractivity contribution >= 4 is 29.7 Å². The van der Waals surface area contributed by atoms with E-state index in [1.54, 1.807) is 0 Å². The highest BCUT2D eigenvalue weighted by Gasteiger charge is 2.61. The molecular formula is C31H50N6O6. The summed E-state index contributed by atoms with van der Waals surface area (Å²) in [5, 5.41) is 18.6. The van der Waals surface area contributed by atoms with Crippen LogP contribution >= 0.6 is 0 Å². The molecule has 4 N–H and O–H groups in total. The van der Waals surface area contributed by atoms with Gasteiger partial charge in [0, 0.05) is 32.1 Å². The number of amides is 5. The number of nitrogens with zero attached hydrogens (tertiary/aromatic N) is 3. The van der Waals surface area contributed by atoms with Crippen molar-refractivity contribution < 1.29 is 29.1 Å². The highest BCUT2D eigenvalue weighted by molar-refractivity contribution is 5.96. The molecule has 0 spiro atoms. The Bertz CT molecular complexity index is 1100. The van der Waals surface area contributed by atoms with Gasteiger partial charge in [-0.05, 0) is 57.4 Å². The van der Waals surface area contributed by atoms with Crippen LogP contribution in [-0.4, -0.2) is 113 Å². The second kappa shape index (κ2) is 13.7. The first-order chi connectivity index (χ1) is 20.3. The Balaban J connectivity index is 1.47. The van der Waals surface area contributed by atoms with E-state index in [4.69, 9.17) is 0 Å². The minimum absolute atomic E-state index is 0.0314. The number of carboxylic acids is 1. The van der Waals surface area contributed by atoms with E-state index >= 15 is 0 Å². The molecule has 0 bridgehead atoms. The van der Waals surface area contributed by atoms with Crippen molar-refractivity contribution in [1.82, 2.24) is 30.7 Å². The number of allylic oxidation sites excluding steroid dienone is 1. The standard InChI is InChI=1S/C31H50N6O6/c1-30(2,3)24(19-36-16-11-15-35(4)20-25(36)38)33-29(43)32-22-13-9-7-5-6-8-12-21-18-31(21,28(41)42)34-26(39)23-14-10-17-37(23)27(22)40/h8,12,21-24H,5-7,9-11,13-20H2,1-4H3,(H,34,39)(H,41,42)(H2,32,33,43)/b12-8-/t21?,22-,23-,24?,31+/m0/s1. The SMILES string of the molecule is CN1CCCN(CC(NC(=O)N[C@H]2CCCCC/C=C\C3C[C@@]3(C(=O)O)NC(=O)[C@@H]3CCCN3C2=O)C(C)(C)C)C(=O)C1. The number of hydrogen-bond acceptors (Lipinski definition) is 6. The van der Waals surface area contributed by atoms with Gasteiger partial charge in [-0.1, -0.05) is 45.8 Å². The molecule has 4 rings (SSSR count). The number of likely N-dealkylation sites (N-methyl/N-ethyl adjacent to an activating group) is 1. The topological polar surface area (TPSA) is 151 Å². The maximum atomic E-state index is 13.9. The number of rotatable bonds is 5. The van der Waals surface area contributed by atoms with Gasteiger partial charge in [-0.3, -0.25) is 19.3 Å². The predicted octanol–water partition coefficient (Wildman–Crippen LogP) is 1.70. The van der Waals surface area contributed by atoms with Crippen molar-refractivity contribution in [1.29, 1.82) is 0 Å². The quantitative estimate of drug-likeness (QED) is 0.350. The predicted molar refractivity (Wildman–Crippen MR) is 161 cm³/mol. The molecule has 3 aliphatic heterocycles. The summed E-state index contributed by atoms with van der Waals surface area (Å²) in [6, 6.07) is -2.44. The molecule has 5 amide bonds. The molecule has 0 aromatic carbocycles. The summed E-state index contributed by atoms with van der Waals surface area (Å²) in [7, 11) is 1.93. The zero-order valence-electron chi connectivity index (χ0n) is 26.2. The van der Waals surface area contributed by atoms with E-state index in [0.717, 1.165) is 38.6 Å². The van der Waals surface area contributed by atoms with Crippen LogP contribution in [0.15, 0.2) is 12.2 Å². The number of carboxylic acid groups (broad SMARTS) is 1. The molecule has 240 valence electrons. The molecule has 12 heteroatoms. The van der Waals surface area contributed by atoms with E-state index < -0.39 is 35.5 Å². The van der Waals surface area contributed by atoms with Crippen molar-refractivity contribution in [2.75, 3.05) is 39.8 Å². The third-order valence-electron chi connectivity index (χ3n) is 9.40. The molecule has 2 saturated heterocycles. The van der Waals surface area contributed by atoms with Crippen LogP contribution in [0.1, 0.15) is 78.6 Å². The normalized spacial score (nSPS) is 31.0. The van der Waals surface area contributed by atoms with Crippen LogP contribution in [0.4, 0.5) is 4.79 Å². The molecular weight excluding hydrogens is 552 g/mol. The van der Waals surface area contributed by atoms with Crippen LogP contribution in [0, 0.1) is 11.3 Å². The van der Waals surface area contributed by atoms with Crippen LogP contribution in [0.3, 0.4) is 0 Å². The first-order valence-corrected chi connectivity index (χ1v) is 15.9. The molecule has 1 saturated carbocycles. The minimum atomic E-state index is -1.32. The number of aliphatic carboxylic acids is 1. The van der Waals surface area contributed by atoms with Gasteiger partial charge in [0.05, 0.1) is 12.6 Å². The molecule has 0 aromatic rings. The maximum absolute atomic E-state index is 13.9. The Kier molecular flexibility index (Phi) is 10.4. The zero-order chi connectivity index (χ0) is 31.4. The average Bonchev–Trinajstić information content (AvgIpc) is 3.44. The Labute approximate surface area is 255 Å². The van der Waals surface area contributed by atoms with Gasteiger partial charge < -0.3 is 30.9 Å². The van der Waals surface area contributed by atoms with Crippen LogP contribution < -0.4 is 16.0 Å². The zero-order valence-corrected chi connectivity index (χ0v) is 26.2. The summed E-state index contributed by atoms with van der Waals surface area (Å²) in [4.78, 5) is 70.9. The van der Waals surface area contributed by atoms with Crippen molar-refractivity contribution in [3.05, 3.63) is 12.2 Å². The number of nitrogens with one attached hydrogen (secondary N) is 3. The Hall–Kier alpha value is -3.15. The summed E-state index contributed by atoms with van der Waals surface area (Å²) < 4.78 is 0. The highest BCUT2D eigenvalue weighted by atomic mass is 16.4. The number of urea groups is 1. The van der Waals surface area contributed by atoms with E-state index in [-0.39, 0.29) is 29.2 Å². The Morgan fingerprint density at radius 2 is 1.84 bits per heavy atom. The van der Waals surface area contributed by atoms with Gasteiger partial charge >= 0.3 is 12.0 Å². The highest BCUT2D eigenvalue weighted by Crippen LogP contribution is 2.45. The molecule has 0 aromatic heterocycles. The molecule has 43 heavy (non-hydrogen) atoms. The Morgan fingerprint density at radius 1 is 1.07 bits per heavy atom. The second-order valence-electron chi connectivity index (χ2n) is 13.9. The fourth-order valence-corrected chi connectivity index (χ4v) is 6.45. The van der Waals surface area contributed by atoms with Crippen LogP contribution in [-0.2, 0) is 19.2 Å². The summed E-state index contributed by atoms with van der Waals surface area (Å²) in [5.74, 6) is -2.07. The average molecular weight is 603 g/mol. The summed E-state index contributed by atoms with van der Waals surface area (Å²) in [5.41, 5.74) is -1.68. The number of carbonyl (C=O) groups is 5. The molecule has 1 aliphatic carbocycles. The number of hydrogen-bond donors (Lipinski definition) is 4. The maximum Gasteiger partial charge on any atom is 0.330 e. The van der Waals surface area contributed by atoms with Gasteiger partial charge in [0.25, 0.3) is 0 Å². The van der Waals surface area contributed by atoms with Gasteiger partial charge in [0.1, 0.15) is 17.6 Å². The lowest BCUT2D eigenvalue weighted by Gasteiger charge is -2.36. The molecule has 3 fully saturated rings. The first-order valence-electron chi connectivity index (χ1n) is 15.9. The summed E-state index contributed by atoms with van der Waals surface area (Å²) in [6.45, 7) is 8.58. The molecule has 2 unspecified atom stereocenters. The number of carbonyl (C=O) groups excluding carboxylic acids is 4. The smallest absolute Gasteiger partial charge is 0.330 e. The third-order valence-corrected chi connectivity index (χ3v) is 9.40. The van der Waals surface area contributed by atoms with Crippen LogP contribution in [0.5, 0.6) is 0 Å². The van der Waals surface area contributed by atoms with E-state index in [1.165, 1.54) is 4.90 Å². The Morgan fingerprint density at radius 3 is 2.56 bits per heavy atom. The van der Waals surface area contributed by atoms with Crippen molar-refractivity contribution in [3.63, 3.8) is 0 Å². The minimum Gasteiger partial charge on any atom is -0.479 e. The third kappa shape index (κ3) is 8.07. The van der Waals surface area contributed by atoms with Crippen molar-refractivity contribution in [3.8, 4) is 0 Å². The van der Waals surface area contributed by atoms with E-state index in [1.807, 2.05) is 49.8 Å². The van der Waals surface area contributed by atoms with Gasteiger partial charge in [-0.2, -0.15) is 0 Å². The van der Waals surface area contributed by atoms with Gasteiger partial charge in [-0.15, -0.1) is 0 Å². The monoisotopic (exact) mass is 602 g/mol. The van der Waals surface area contributed by atoms with Crippen molar-refractivity contribution in [2.45, 2.75) is 102 Å². The van der Waals surface area contributed by atoms with Crippen LogP contribution in [0.2, 0.25) is 0 Å². The lowest BCUT2D eigenvalue weighted by molar-refractivity contribution is -0.145. The van der Waals surface area contributed by atoms with Gasteiger partial charge in [0.2, 0.25) is 17.7 Å². The molecule has 0 radical (unpaired) electrons. The first kappa shape index (κ1) is 32.8. The van der Waals surface area contributed by atoms with Crippen molar-refractivity contribution in [2.24, 2.45) is 11.3 Å². The fraction of sp³-hybridized carbons (Fsp3) is 0.774. The lowest BCUT2D eigenvalue weighted by Crippen LogP contribution is -2.59. The van der Waals surface area contributed by atoms with E-state index in [2.05, 4.69) is 16.0 Å². The van der Waals surface area contributed by atoms with E-state index in [0.29, 0.717) is 51.9 Å². The van der Waals surface area contributed by atoms with Gasteiger partial charge in [-0.25, -0.2) is 9.59 Å². The van der Waals surface area contributed by atoms with E-state index in [9.17, 15) is 29.1 Å². The lowest BCUT2D eigenvalue weighted by atomic mass is 9.86. The molecule has 3 heterocycles. The summed E-state index contributed by atoms with van der Waals surface area (Å²) in [6.07, 6.45) is 9.79. The van der Waals surface area contributed by atoms with Crippen LogP contribution in [0.25, 0.3) is 0 Å². The molecule has 4 aliphatic rings. The number of fused-ring (bicyclic) bond motifs is 2.